The molecule has 2 aromatic rings. The normalized spacial score (nSPS) is 11.4. The van der Waals surface area contributed by atoms with Crippen molar-refractivity contribution >= 4 is 11.8 Å². The summed E-state index contributed by atoms with van der Waals surface area (Å²) >= 11 is 0. The zero-order valence-corrected chi connectivity index (χ0v) is 14.3. The van der Waals surface area contributed by atoms with Crippen molar-refractivity contribution in [2.75, 3.05) is 20.8 Å². The fourth-order valence-electron chi connectivity index (χ4n) is 2.38. The van der Waals surface area contributed by atoms with Gasteiger partial charge in [-0.25, -0.2) is 0 Å². The van der Waals surface area contributed by atoms with Gasteiger partial charge in [0.15, 0.2) is 0 Å². The fraction of sp³-hybridized carbons (Fsp3) is 0.263. The van der Waals surface area contributed by atoms with E-state index in [0.717, 1.165) is 11.1 Å². The summed E-state index contributed by atoms with van der Waals surface area (Å²) in [5.74, 6) is -0.719. The molecule has 0 bridgehead atoms. The van der Waals surface area contributed by atoms with Crippen molar-refractivity contribution in [2.24, 2.45) is 0 Å². The summed E-state index contributed by atoms with van der Waals surface area (Å²) in [6.45, 7) is 0.460. The van der Waals surface area contributed by atoms with Crippen LogP contribution in [0.1, 0.15) is 17.2 Å². The van der Waals surface area contributed by atoms with E-state index >= 15 is 0 Å². The molecule has 0 aliphatic heterocycles. The van der Waals surface area contributed by atoms with Crippen LogP contribution in [0.4, 0.5) is 0 Å². The zero-order valence-electron chi connectivity index (χ0n) is 14.3. The maximum absolute atomic E-state index is 12.0. The Bertz CT molecular complexity index is 704. The van der Waals surface area contributed by atoms with Gasteiger partial charge in [-0.2, -0.15) is 0 Å². The van der Waals surface area contributed by atoms with E-state index in [1.807, 2.05) is 54.6 Å². The van der Waals surface area contributed by atoms with Crippen molar-refractivity contribution in [1.29, 1.82) is 0 Å². The Kier molecular flexibility index (Phi) is 6.98. The van der Waals surface area contributed by atoms with Gasteiger partial charge >= 0.3 is 11.8 Å². The monoisotopic (exact) mass is 342 g/mol. The number of benzene rings is 2. The first-order valence-corrected chi connectivity index (χ1v) is 7.91. The van der Waals surface area contributed by atoms with Crippen LogP contribution in [-0.2, 0) is 20.9 Å². The lowest BCUT2D eigenvalue weighted by molar-refractivity contribution is -0.139. The van der Waals surface area contributed by atoms with Crippen molar-refractivity contribution in [3.8, 4) is 5.75 Å². The molecule has 1 atom stereocenters. The lowest BCUT2D eigenvalue weighted by atomic mass is 10.1. The summed E-state index contributed by atoms with van der Waals surface area (Å²) in [6, 6.07) is 16.8. The highest BCUT2D eigenvalue weighted by Gasteiger charge is 2.19. The van der Waals surface area contributed by atoms with Crippen LogP contribution < -0.4 is 15.4 Å². The maximum Gasteiger partial charge on any atom is 0.309 e. The second kappa shape index (κ2) is 9.44. The Morgan fingerprint density at radius 3 is 2.24 bits per heavy atom. The molecule has 0 saturated heterocycles. The third kappa shape index (κ3) is 5.32. The number of nitrogens with one attached hydrogen (secondary N) is 2. The largest absolute Gasteiger partial charge is 0.496 e. The summed E-state index contributed by atoms with van der Waals surface area (Å²) in [7, 11) is 3.11. The third-order valence-electron chi connectivity index (χ3n) is 3.72. The lowest BCUT2D eigenvalue weighted by Gasteiger charge is -2.18. The number of rotatable bonds is 7. The molecular formula is C19H22N2O4. The van der Waals surface area contributed by atoms with Crippen molar-refractivity contribution < 1.29 is 19.1 Å². The predicted octanol–water partition coefficient (Wildman–Crippen LogP) is 1.82. The van der Waals surface area contributed by atoms with E-state index in [4.69, 9.17) is 9.47 Å². The molecule has 2 N–H and O–H groups in total. The SMILES string of the molecule is COc1ccccc1C(CNC(=O)C(=O)NCc1ccccc1)OC. The van der Waals surface area contributed by atoms with Gasteiger partial charge in [0, 0.05) is 25.8 Å². The highest BCUT2D eigenvalue weighted by molar-refractivity contribution is 6.35. The van der Waals surface area contributed by atoms with E-state index in [1.165, 1.54) is 0 Å². The molecule has 0 aliphatic rings. The molecular weight excluding hydrogens is 320 g/mol. The Balaban J connectivity index is 1.87. The Hall–Kier alpha value is -2.86. The van der Waals surface area contributed by atoms with Crippen molar-refractivity contribution in [1.82, 2.24) is 10.6 Å². The zero-order chi connectivity index (χ0) is 18.1. The average molecular weight is 342 g/mol. The van der Waals surface area contributed by atoms with Gasteiger partial charge in [-0.3, -0.25) is 9.59 Å². The van der Waals surface area contributed by atoms with Crippen LogP contribution in [0.5, 0.6) is 5.75 Å². The maximum atomic E-state index is 12.0. The average Bonchev–Trinajstić information content (AvgIpc) is 2.67. The van der Waals surface area contributed by atoms with E-state index in [9.17, 15) is 9.59 Å². The molecule has 6 heteroatoms. The smallest absolute Gasteiger partial charge is 0.309 e. The van der Waals surface area contributed by atoms with E-state index in [2.05, 4.69) is 10.6 Å². The van der Waals surface area contributed by atoms with Crippen LogP contribution in [0.25, 0.3) is 0 Å². The Labute approximate surface area is 147 Å². The van der Waals surface area contributed by atoms with Crippen LogP contribution in [0.2, 0.25) is 0 Å². The first-order chi connectivity index (χ1) is 12.2. The van der Waals surface area contributed by atoms with Crippen molar-refractivity contribution in [3.63, 3.8) is 0 Å². The molecule has 0 spiro atoms. The van der Waals surface area contributed by atoms with Gasteiger partial charge in [0.2, 0.25) is 0 Å². The molecule has 0 aromatic heterocycles. The van der Waals surface area contributed by atoms with Crippen molar-refractivity contribution in [3.05, 3.63) is 65.7 Å². The Morgan fingerprint density at radius 2 is 1.56 bits per heavy atom. The molecule has 0 fully saturated rings. The van der Waals surface area contributed by atoms with E-state index in [-0.39, 0.29) is 6.54 Å². The van der Waals surface area contributed by atoms with Crippen LogP contribution in [0.3, 0.4) is 0 Å². The molecule has 0 heterocycles. The van der Waals surface area contributed by atoms with Crippen LogP contribution in [0.15, 0.2) is 54.6 Å². The number of ether oxygens (including phenoxy) is 2. The van der Waals surface area contributed by atoms with E-state index < -0.39 is 17.9 Å². The Morgan fingerprint density at radius 1 is 0.920 bits per heavy atom. The topological polar surface area (TPSA) is 76.7 Å². The van der Waals surface area contributed by atoms with Gasteiger partial charge in [0.1, 0.15) is 11.9 Å². The molecule has 0 saturated carbocycles. The van der Waals surface area contributed by atoms with Crippen molar-refractivity contribution in [2.45, 2.75) is 12.6 Å². The van der Waals surface area contributed by atoms with Gasteiger partial charge in [-0.05, 0) is 11.6 Å². The van der Waals surface area contributed by atoms with Gasteiger partial charge in [-0.1, -0.05) is 48.5 Å². The second-order valence-corrected chi connectivity index (χ2v) is 5.34. The van der Waals surface area contributed by atoms with Crippen LogP contribution >= 0.6 is 0 Å². The number of amides is 2. The number of para-hydroxylation sites is 1. The van der Waals surface area contributed by atoms with E-state index in [0.29, 0.717) is 12.3 Å². The quantitative estimate of drug-likeness (QED) is 0.753. The molecule has 0 radical (unpaired) electrons. The first kappa shape index (κ1) is 18.5. The second-order valence-electron chi connectivity index (χ2n) is 5.34. The number of methoxy groups -OCH3 is 2. The molecule has 132 valence electrons. The molecule has 2 aromatic carbocycles. The molecule has 1 unspecified atom stereocenters. The van der Waals surface area contributed by atoms with E-state index in [1.54, 1.807) is 14.2 Å². The minimum Gasteiger partial charge on any atom is -0.496 e. The van der Waals surface area contributed by atoms with Gasteiger partial charge < -0.3 is 20.1 Å². The van der Waals surface area contributed by atoms with Crippen LogP contribution in [0, 0.1) is 0 Å². The summed E-state index contributed by atoms with van der Waals surface area (Å²) in [4.78, 5) is 23.8. The first-order valence-electron chi connectivity index (χ1n) is 7.91. The van der Waals surface area contributed by atoms with Crippen LogP contribution in [-0.4, -0.2) is 32.6 Å². The standard InChI is InChI=1S/C19H22N2O4/c1-24-16-11-7-6-10-15(16)17(25-2)13-21-19(23)18(22)20-12-14-8-4-3-5-9-14/h3-11,17H,12-13H2,1-2H3,(H,20,22)(H,21,23). The minimum atomic E-state index is -0.701. The molecule has 2 rings (SSSR count). The fourth-order valence-corrected chi connectivity index (χ4v) is 2.38. The molecule has 2 amide bonds. The lowest BCUT2D eigenvalue weighted by Crippen LogP contribution is -2.41. The minimum absolute atomic E-state index is 0.161. The highest BCUT2D eigenvalue weighted by Crippen LogP contribution is 2.26. The summed E-state index contributed by atoms with van der Waals surface area (Å²) < 4.78 is 10.7. The van der Waals surface area contributed by atoms with Gasteiger partial charge in [0.05, 0.1) is 7.11 Å². The number of hydrogen-bond donors (Lipinski definition) is 2. The molecule has 6 nitrogen and oxygen atoms in total. The summed E-state index contributed by atoms with van der Waals surface area (Å²) in [5.41, 5.74) is 1.73. The number of hydrogen-bond acceptors (Lipinski definition) is 4. The van der Waals surface area contributed by atoms with Gasteiger partial charge in [-0.15, -0.1) is 0 Å². The molecule has 25 heavy (non-hydrogen) atoms. The summed E-state index contributed by atoms with van der Waals surface area (Å²) in [6.07, 6.45) is -0.415. The predicted molar refractivity (Wildman–Crippen MR) is 94.0 cm³/mol. The molecule has 0 aliphatic carbocycles. The third-order valence-corrected chi connectivity index (χ3v) is 3.72. The van der Waals surface area contributed by atoms with Gasteiger partial charge in [0.25, 0.3) is 0 Å². The summed E-state index contributed by atoms with van der Waals surface area (Å²) in [5, 5.41) is 5.17. The number of carbonyl (C=O) groups excluding carboxylic acids is 2. The highest BCUT2D eigenvalue weighted by atomic mass is 16.5. The number of carbonyl (C=O) groups is 2.